The maximum absolute atomic E-state index is 4.35. The second kappa shape index (κ2) is 10.3. The molecule has 3 heterocycles. The van der Waals surface area contributed by atoms with E-state index in [9.17, 15) is 0 Å². The number of hydrogen-bond donors (Lipinski definition) is 1. The van der Waals surface area contributed by atoms with Gasteiger partial charge in [-0.1, -0.05) is 81.2 Å². The van der Waals surface area contributed by atoms with Crippen molar-refractivity contribution in [2.75, 3.05) is 12.1 Å². The highest BCUT2D eigenvalue weighted by Gasteiger charge is 2.44. The van der Waals surface area contributed by atoms with Gasteiger partial charge in [-0.25, -0.2) is 0 Å². The number of nitrogens with zero attached hydrogens (tertiary/aromatic N) is 2. The largest absolute Gasteiger partial charge is 0.345 e. The maximum atomic E-state index is 4.35. The summed E-state index contributed by atoms with van der Waals surface area (Å²) >= 11 is 0. The Morgan fingerprint density at radius 1 is 1.10 bits per heavy atom. The maximum Gasteiger partial charge on any atom is 0.127 e. The van der Waals surface area contributed by atoms with Gasteiger partial charge in [0.25, 0.3) is 0 Å². The minimum Gasteiger partial charge on any atom is -0.345 e. The van der Waals surface area contributed by atoms with Crippen molar-refractivity contribution >= 4 is 23.9 Å². The first-order valence-corrected chi connectivity index (χ1v) is 15.7. The number of nitrogens with one attached hydrogen (secondary N) is 1. The van der Waals surface area contributed by atoms with Crippen molar-refractivity contribution in [3.8, 4) is 11.1 Å². The first-order chi connectivity index (χ1) is 20.0. The summed E-state index contributed by atoms with van der Waals surface area (Å²) < 4.78 is 0. The molecule has 2 aliphatic carbocycles. The number of rotatable bonds is 1. The second-order valence-electron chi connectivity index (χ2n) is 12.5. The SMILES string of the molecule is C=C1CCCC2=C(N1)N1C2C2=CC(C=C2)CC(C)C2CC=Cc3c2cc(c(=C/CC)/c3=C\C)-c2ccccc2N1C. The van der Waals surface area contributed by atoms with E-state index in [0.29, 0.717) is 17.8 Å². The molecule has 2 aromatic rings. The lowest BCUT2D eigenvalue weighted by Gasteiger charge is -2.51. The van der Waals surface area contributed by atoms with Crippen LogP contribution in [0.4, 0.5) is 5.69 Å². The zero-order valence-electron chi connectivity index (χ0n) is 25.1. The van der Waals surface area contributed by atoms with Gasteiger partial charge in [0.2, 0.25) is 0 Å². The van der Waals surface area contributed by atoms with Crippen molar-refractivity contribution in [1.29, 1.82) is 0 Å². The van der Waals surface area contributed by atoms with E-state index in [1.54, 1.807) is 0 Å². The Hall–Kier alpha value is -3.72. The minimum absolute atomic E-state index is 0.262. The average molecular weight is 542 g/mol. The van der Waals surface area contributed by atoms with Gasteiger partial charge in [0.05, 0.1) is 5.69 Å². The van der Waals surface area contributed by atoms with Gasteiger partial charge in [-0.3, -0.25) is 10.0 Å². The summed E-state index contributed by atoms with van der Waals surface area (Å²) in [6.07, 6.45) is 23.7. The molecular weight excluding hydrogens is 498 g/mol. The molecule has 4 atom stereocenters. The molecule has 0 spiro atoms. The molecule has 0 fully saturated rings. The molecule has 0 saturated carbocycles. The molecule has 3 nitrogen and oxygen atoms in total. The molecule has 0 amide bonds. The molecule has 41 heavy (non-hydrogen) atoms. The van der Waals surface area contributed by atoms with Crippen molar-refractivity contribution in [1.82, 2.24) is 10.3 Å². The van der Waals surface area contributed by atoms with Crippen LogP contribution in [0.25, 0.3) is 29.4 Å². The third kappa shape index (κ3) is 4.16. The number of allylic oxidation sites excluding steroid dienone is 4. The summed E-state index contributed by atoms with van der Waals surface area (Å²) in [7, 11) is 2.25. The summed E-state index contributed by atoms with van der Waals surface area (Å²) in [6.45, 7) is 11.3. The van der Waals surface area contributed by atoms with Crippen LogP contribution < -0.4 is 20.8 Å². The van der Waals surface area contributed by atoms with E-state index in [-0.39, 0.29) is 6.04 Å². The summed E-state index contributed by atoms with van der Waals surface area (Å²) in [5.41, 5.74) is 10.9. The molecular formula is C38H43N3. The molecule has 5 aliphatic rings. The smallest absolute Gasteiger partial charge is 0.127 e. The van der Waals surface area contributed by atoms with Crippen molar-refractivity contribution in [2.24, 2.45) is 11.8 Å². The summed E-state index contributed by atoms with van der Waals surface area (Å²) in [5.74, 6) is 2.82. The van der Waals surface area contributed by atoms with Gasteiger partial charge in [0.15, 0.2) is 0 Å². The quantitative estimate of drug-likeness (QED) is 0.403. The first-order valence-electron chi connectivity index (χ1n) is 15.7. The second-order valence-corrected chi connectivity index (χ2v) is 12.5. The highest BCUT2D eigenvalue weighted by atomic mass is 15.7. The fraction of sp³-hybridized carbons (Fsp3) is 0.368. The van der Waals surface area contributed by atoms with Crippen molar-refractivity contribution in [3.05, 3.63) is 105 Å². The van der Waals surface area contributed by atoms with Crippen LogP contribution in [-0.2, 0) is 0 Å². The Balaban J connectivity index is 1.50. The van der Waals surface area contributed by atoms with Crippen LogP contribution in [0.1, 0.15) is 76.3 Å². The van der Waals surface area contributed by atoms with Crippen LogP contribution in [0.2, 0.25) is 0 Å². The predicted molar refractivity (Wildman–Crippen MR) is 174 cm³/mol. The van der Waals surface area contributed by atoms with Crippen molar-refractivity contribution in [2.45, 2.75) is 71.3 Å². The van der Waals surface area contributed by atoms with Gasteiger partial charge >= 0.3 is 0 Å². The lowest BCUT2D eigenvalue weighted by Crippen LogP contribution is -2.58. The molecule has 0 saturated heterocycles. The predicted octanol–water partition coefficient (Wildman–Crippen LogP) is 7.53. The molecule has 2 aromatic carbocycles. The van der Waals surface area contributed by atoms with E-state index in [2.05, 4.69) is 123 Å². The standard InChI is InChI=1S/C38H43N3/c1-6-12-30-28(7-2)31-16-11-15-29-24(3)21-26-19-20-27(22-26)37-33-17-10-13-25(4)39-38(33)41(37)40(5)36-18-9-8-14-32(36)35(30)23-34(29)31/h7-9,11-12,14,16,18-20,22-24,26,29,37,39H,4,6,10,13,15,17,21H2,1-3,5H3/b28-7+,30-12+. The van der Waals surface area contributed by atoms with E-state index in [0.717, 1.165) is 37.8 Å². The Labute approximate surface area is 245 Å². The lowest BCUT2D eigenvalue weighted by atomic mass is 9.74. The first kappa shape index (κ1) is 26.2. The van der Waals surface area contributed by atoms with Crippen LogP contribution in [0.3, 0.4) is 0 Å². The summed E-state index contributed by atoms with van der Waals surface area (Å²) in [4.78, 5) is 0. The third-order valence-electron chi connectivity index (χ3n) is 10.0. The van der Waals surface area contributed by atoms with Gasteiger partial charge in [0.1, 0.15) is 11.9 Å². The highest BCUT2D eigenvalue weighted by Crippen LogP contribution is 2.47. The summed E-state index contributed by atoms with van der Waals surface area (Å²) in [6, 6.07) is 11.8. The molecule has 1 N–H and O–H groups in total. The molecule has 3 aliphatic heterocycles. The number of fused-ring (bicyclic) bond motifs is 8. The van der Waals surface area contributed by atoms with E-state index in [1.165, 1.54) is 61.8 Å². The lowest BCUT2D eigenvalue weighted by molar-refractivity contribution is 0.224. The minimum atomic E-state index is 0.262. The van der Waals surface area contributed by atoms with Gasteiger partial charge in [-0.05, 0) is 108 Å². The third-order valence-corrected chi connectivity index (χ3v) is 10.0. The normalized spacial score (nSPS) is 27.4. The van der Waals surface area contributed by atoms with E-state index in [4.69, 9.17) is 0 Å². The van der Waals surface area contributed by atoms with E-state index >= 15 is 0 Å². The highest BCUT2D eigenvalue weighted by molar-refractivity contribution is 5.82. The molecule has 4 bridgehead atoms. The fourth-order valence-electron chi connectivity index (χ4n) is 8.09. The number of anilines is 1. The number of hydrazine groups is 1. The monoisotopic (exact) mass is 541 g/mol. The van der Waals surface area contributed by atoms with Crippen LogP contribution in [0.15, 0.2) is 83.9 Å². The van der Waals surface area contributed by atoms with Crippen molar-refractivity contribution < 1.29 is 0 Å². The Bertz CT molecular complexity index is 1670. The molecule has 7 rings (SSSR count). The zero-order valence-corrected chi connectivity index (χ0v) is 25.1. The number of benzene rings is 2. The van der Waals surface area contributed by atoms with Gasteiger partial charge in [-0.15, -0.1) is 0 Å². The molecule has 3 heteroatoms. The van der Waals surface area contributed by atoms with Crippen LogP contribution in [0.5, 0.6) is 0 Å². The number of para-hydroxylation sites is 1. The van der Waals surface area contributed by atoms with Gasteiger partial charge in [-0.2, -0.15) is 0 Å². The average Bonchev–Trinajstić information content (AvgIpc) is 3.36. The van der Waals surface area contributed by atoms with Crippen LogP contribution >= 0.6 is 0 Å². The zero-order chi connectivity index (χ0) is 28.2. The van der Waals surface area contributed by atoms with E-state index < -0.39 is 0 Å². The topological polar surface area (TPSA) is 18.5 Å². The van der Waals surface area contributed by atoms with Crippen LogP contribution in [-0.4, -0.2) is 18.1 Å². The Morgan fingerprint density at radius 2 is 1.95 bits per heavy atom. The Morgan fingerprint density at radius 3 is 2.78 bits per heavy atom. The molecule has 0 aromatic heterocycles. The fourth-order valence-corrected chi connectivity index (χ4v) is 8.09. The number of hydrogen-bond acceptors (Lipinski definition) is 3. The van der Waals surface area contributed by atoms with Gasteiger partial charge in [0, 0.05) is 23.9 Å². The molecule has 0 radical (unpaired) electrons. The van der Waals surface area contributed by atoms with Crippen LogP contribution in [0, 0.1) is 11.8 Å². The molecule has 210 valence electrons. The van der Waals surface area contributed by atoms with E-state index in [1.807, 2.05) is 0 Å². The van der Waals surface area contributed by atoms with Crippen molar-refractivity contribution in [3.63, 3.8) is 0 Å². The Kier molecular flexibility index (Phi) is 6.57. The van der Waals surface area contributed by atoms with Gasteiger partial charge < -0.3 is 5.32 Å². The molecule has 4 unspecified atom stereocenters. The summed E-state index contributed by atoms with van der Waals surface area (Å²) in [5, 5.41) is 11.4.